The van der Waals surface area contributed by atoms with E-state index in [9.17, 15) is 9.59 Å². The van der Waals surface area contributed by atoms with Gasteiger partial charge in [-0.2, -0.15) is 0 Å². The molecule has 0 radical (unpaired) electrons. The van der Waals surface area contributed by atoms with Gasteiger partial charge < -0.3 is 14.8 Å². The average Bonchev–Trinajstić information content (AvgIpc) is 2.67. The minimum absolute atomic E-state index is 0.107. The first-order chi connectivity index (χ1) is 12.6. The summed E-state index contributed by atoms with van der Waals surface area (Å²) in [5, 5.41) is 2.82. The zero-order valence-corrected chi connectivity index (χ0v) is 15.8. The number of unbranched alkanes of at least 4 members (excludes halogenated alkanes) is 1. The van der Waals surface area contributed by atoms with Crippen molar-refractivity contribution < 1.29 is 19.1 Å². The molecule has 0 aromatic heterocycles. The monoisotopic (exact) mass is 373 g/mol. The molecule has 0 atom stereocenters. The maximum absolute atomic E-state index is 12.1. The summed E-state index contributed by atoms with van der Waals surface area (Å²) >= 11 is 1.44. The Hall–Kier alpha value is -2.47. The van der Waals surface area contributed by atoms with Gasteiger partial charge in [0.05, 0.1) is 25.0 Å². The van der Waals surface area contributed by atoms with Gasteiger partial charge >= 0.3 is 5.97 Å². The summed E-state index contributed by atoms with van der Waals surface area (Å²) in [6.07, 6.45) is 1.83. The van der Waals surface area contributed by atoms with Crippen molar-refractivity contribution in [3.63, 3.8) is 0 Å². The molecule has 1 N–H and O–H groups in total. The number of nitrogens with one attached hydrogen (secondary N) is 1. The van der Waals surface area contributed by atoms with E-state index in [0.717, 1.165) is 23.5 Å². The van der Waals surface area contributed by atoms with Gasteiger partial charge in [-0.05, 0) is 55.0 Å². The molecule has 0 unspecified atom stereocenters. The van der Waals surface area contributed by atoms with Gasteiger partial charge in [0, 0.05) is 10.6 Å². The molecule has 2 rings (SSSR count). The maximum Gasteiger partial charge on any atom is 0.338 e. The second-order valence-electron chi connectivity index (χ2n) is 5.58. The number of hydrogen-bond acceptors (Lipinski definition) is 5. The Kier molecular flexibility index (Phi) is 8.02. The number of methoxy groups -OCH3 is 1. The van der Waals surface area contributed by atoms with Crippen molar-refractivity contribution in [1.29, 1.82) is 0 Å². The zero-order chi connectivity index (χ0) is 18.8. The van der Waals surface area contributed by atoms with Crippen LogP contribution in [-0.4, -0.2) is 31.3 Å². The van der Waals surface area contributed by atoms with Crippen LogP contribution in [0, 0.1) is 0 Å². The number of rotatable bonds is 9. The van der Waals surface area contributed by atoms with Crippen molar-refractivity contribution in [2.45, 2.75) is 24.7 Å². The van der Waals surface area contributed by atoms with Crippen LogP contribution in [0.3, 0.4) is 0 Å². The number of carbonyl (C=O) groups is 2. The summed E-state index contributed by atoms with van der Waals surface area (Å²) in [4.78, 5) is 24.9. The second kappa shape index (κ2) is 10.5. The fraction of sp³-hybridized carbons (Fsp3) is 0.300. The lowest BCUT2D eigenvalue weighted by molar-refractivity contribution is -0.113. The first kappa shape index (κ1) is 19.8. The fourth-order valence-electron chi connectivity index (χ4n) is 2.10. The van der Waals surface area contributed by atoms with Crippen LogP contribution < -0.4 is 10.1 Å². The van der Waals surface area contributed by atoms with Gasteiger partial charge in [0.25, 0.3) is 0 Å². The highest BCUT2D eigenvalue weighted by atomic mass is 32.2. The van der Waals surface area contributed by atoms with Crippen LogP contribution in [0.4, 0.5) is 5.69 Å². The largest absolute Gasteiger partial charge is 0.497 e. The summed E-state index contributed by atoms with van der Waals surface area (Å²) in [6, 6.07) is 14.3. The molecule has 0 saturated carbocycles. The molecule has 138 valence electrons. The standard InChI is InChI=1S/C20H23NO4S/c1-3-4-13-25-20(23)15-5-7-16(8-6-15)21-19(22)14-26-18-11-9-17(24-2)10-12-18/h5-12H,3-4,13-14H2,1-2H3,(H,21,22). The number of thioether (sulfide) groups is 1. The van der Waals surface area contributed by atoms with Gasteiger partial charge in [0.2, 0.25) is 5.91 Å². The summed E-state index contributed by atoms with van der Waals surface area (Å²) in [7, 11) is 1.62. The zero-order valence-electron chi connectivity index (χ0n) is 15.0. The van der Waals surface area contributed by atoms with E-state index in [0.29, 0.717) is 23.6 Å². The SMILES string of the molecule is CCCCOC(=O)c1ccc(NC(=O)CSc2ccc(OC)cc2)cc1. The van der Waals surface area contributed by atoms with Crippen molar-refractivity contribution in [2.24, 2.45) is 0 Å². The number of anilines is 1. The van der Waals surface area contributed by atoms with Crippen LogP contribution in [0.5, 0.6) is 5.75 Å². The summed E-state index contributed by atoms with van der Waals surface area (Å²) < 4.78 is 10.3. The molecule has 0 aliphatic carbocycles. The van der Waals surface area contributed by atoms with Crippen LogP contribution in [0.2, 0.25) is 0 Å². The highest BCUT2D eigenvalue weighted by Crippen LogP contribution is 2.21. The lowest BCUT2D eigenvalue weighted by Crippen LogP contribution is -2.14. The van der Waals surface area contributed by atoms with Crippen LogP contribution in [0.1, 0.15) is 30.1 Å². The molecular weight excluding hydrogens is 350 g/mol. The van der Waals surface area contributed by atoms with Crippen molar-refractivity contribution >= 4 is 29.3 Å². The van der Waals surface area contributed by atoms with Crippen molar-refractivity contribution in [3.8, 4) is 5.75 Å². The van der Waals surface area contributed by atoms with Crippen molar-refractivity contribution in [3.05, 3.63) is 54.1 Å². The highest BCUT2D eigenvalue weighted by Gasteiger charge is 2.08. The molecule has 0 bridgehead atoms. The first-order valence-electron chi connectivity index (χ1n) is 8.46. The Morgan fingerprint density at radius 3 is 2.35 bits per heavy atom. The minimum Gasteiger partial charge on any atom is -0.497 e. The van der Waals surface area contributed by atoms with E-state index >= 15 is 0 Å². The first-order valence-corrected chi connectivity index (χ1v) is 9.45. The highest BCUT2D eigenvalue weighted by molar-refractivity contribution is 8.00. The number of benzene rings is 2. The maximum atomic E-state index is 12.1. The van der Waals surface area contributed by atoms with E-state index in [-0.39, 0.29) is 11.9 Å². The molecule has 0 aliphatic heterocycles. The van der Waals surface area contributed by atoms with Crippen LogP contribution in [0.25, 0.3) is 0 Å². The van der Waals surface area contributed by atoms with E-state index in [1.54, 1.807) is 31.4 Å². The van der Waals surface area contributed by atoms with Crippen LogP contribution in [-0.2, 0) is 9.53 Å². The molecule has 0 aliphatic rings. The lowest BCUT2D eigenvalue weighted by Gasteiger charge is -2.07. The smallest absolute Gasteiger partial charge is 0.338 e. The molecule has 26 heavy (non-hydrogen) atoms. The lowest BCUT2D eigenvalue weighted by atomic mass is 10.2. The Balaban J connectivity index is 1.80. The molecular formula is C20H23NO4S. The minimum atomic E-state index is -0.341. The molecule has 1 amide bonds. The molecule has 0 saturated heterocycles. The van der Waals surface area contributed by atoms with Gasteiger partial charge in [0.1, 0.15) is 5.75 Å². The quantitative estimate of drug-likeness (QED) is 0.401. The van der Waals surface area contributed by atoms with Gasteiger partial charge in [-0.25, -0.2) is 4.79 Å². The molecule has 0 fully saturated rings. The summed E-state index contributed by atoms with van der Waals surface area (Å²) in [5.41, 5.74) is 1.13. The number of ether oxygens (including phenoxy) is 2. The van der Waals surface area contributed by atoms with E-state index in [4.69, 9.17) is 9.47 Å². The number of amides is 1. The number of esters is 1. The van der Waals surface area contributed by atoms with Gasteiger partial charge in [-0.1, -0.05) is 13.3 Å². The molecule has 5 nitrogen and oxygen atoms in total. The second-order valence-corrected chi connectivity index (χ2v) is 6.63. The molecule has 0 heterocycles. The van der Waals surface area contributed by atoms with Crippen molar-refractivity contribution in [2.75, 3.05) is 24.8 Å². The topological polar surface area (TPSA) is 64.6 Å². The Morgan fingerprint density at radius 2 is 1.73 bits per heavy atom. The van der Waals surface area contributed by atoms with Crippen molar-refractivity contribution in [1.82, 2.24) is 0 Å². The van der Waals surface area contributed by atoms with E-state index < -0.39 is 0 Å². The third kappa shape index (κ3) is 6.44. The van der Waals surface area contributed by atoms with Crippen LogP contribution >= 0.6 is 11.8 Å². The third-order valence-electron chi connectivity index (χ3n) is 3.56. The van der Waals surface area contributed by atoms with Crippen LogP contribution in [0.15, 0.2) is 53.4 Å². The molecule has 0 spiro atoms. The number of hydrogen-bond donors (Lipinski definition) is 1. The summed E-state index contributed by atoms with van der Waals surface area (Å²) in [6.45, 7) is 2.47. The molecule has 2 aromatic carbocycles. The molecule has 2 aromatic rings. The van der Waals surface area contributed by atoms with E-state index in [1.165, 1.54) is 11.8 Å². The average molecular weight is 373 g/mol. The molecule has 6 heteroatoms. The Morgan fingerprint density at radius 1 is 1.04 bits per heavy atom. The van der Waals surface area contributed by atoms with Gasteiger partial charge in [0.15, 0.2) is 0 Å². The van der Waals surface area contributed by atoms with E-state index in [2.05, 4.69) is 5.32 Å². The normalized spacial score (nSPS) is 10.2. The predicted octanol–water partition coefficient (Wildman–Crippen LogP) is 4.38. The third-order valence-corrected chi connectivity index (χ3v) is 4.58. The number of carbonyl (C=O) groups excluding carboxylic acids is 2. The Labute approximate surface area is 158 Å². The predicted molar refractivity (Wildman–Crippen MR) is 104 cm³/mol. The van der Waals surface area contributed by atoms with Gasteiger partial charge in [-0.15, -0.1) is 11.8 Å². The Bertz CT molecular complexity index is 714. The van der Waals surface area contributed by atoms with Gasteiger partial charge in [-0.3, -0.25) is 4.79 Å². The summed E-state index contributed by atoms with van der Waals surface area (Å²) in [5.74, 6) is 0.634. The van der Waals surface area contributed by atoms with E-state index in [1.807, 2.05) is 31.2 Å². The fourth-order valence-corrected chi connectivity index (χ4v) is 2.80.